The molecule has 0 spiro atoms. The molecule has 3 heterocycles. The van der Waals surface area contributed by atoms with Crippen molar-refractivity contribution in [2.45, 2.75) is 38.8 Å². The number of carbonyl (C=O) groups excluding carboxylic acids is 2. The average Bonchev–Trinajstić information content (AvgIpc) is 3.20. The number of amides is 1. The summed E-state index contributed by atoms with van der Waals surface area (Å²) in [7, 11) is 0. The predicted octanol–water partition coefficient (Wildman–Crippen LogP) is 5.04. The lowest BCUT2D eigenvalue weighted by molar-refractivity contribution is -0.140. The van der Waals surface area contributed by atoms with Gasteiger partial charge in [0, 0.05) is 24.5 Å². The van der Waals surface area contributed by atoms with Crippen LogP contribution < -0.4 is 14.2 Å². The van der Waals surface area contributed by atoms with Gasteiger partial charge in [0.1, 0.15) is 24.7 Å². The Hall–Kier alpha value is -4.33. The summed E-state index contributed by atoms with van der Waals surface area (Å²) in [6.45, 7) is 3.78. The number of nitrogens with zero attached hydrogens (tertiary/aromatic N) is 2. The number of likely N-dealkylation sites (tertiary alicyclic amines) is 1. The molecule has 1 amide bonds. The normalized spacial score (nSPS) is 18.0. The third kappa shape index (κ3) is 5.20. The zero-order valence-electron chi connectivity index (χ0n) is 21.3. The van der Waals surface area contributed by atoms with Crippen molar-refractivity contribution in [3.8, 4) is 17.2 Å². The fraction of sp³-hybridized carbons (Fsp3) is 0.300. The van der Waals surface area contributed by atoms with Crippen molar-refractivity contribution in [2.24, 2.45) is 0 Å². The van der Waals surface area contributed by atoms with Crippen LogP contribution in [0.4, 0.5) is 0 Å². The Morgan fingerprint density at radius 3 is 2.47 bits per heavy atom. The van der Waals surface area contributed by atoms with Crippen molar-refractivity contribution in [1.29, 1.82) is 0 Å². The molecule has 0 radical (unpaired) electrons. The van der Waals surface area contributed by atoms with Crippen LogP contribution in [0.3, 0.4) is 0 Å². The van der Waals surface area contributed by atoms with Gasteiger partial charge in [0.05, 0.1) is 18.2 Å². The zero-order valence-corrected chi connectivity index (χ0v) is 21.3. The highest BCUT2D eigenvalue weighted by Gasteiger charge is 2.46. The van der Waals surface area contributed by atoms with Gasteiger partial charge in [0.15, 0.2) is 11.5 Å². The van der Waals surface area contributed by atoms with Gasteiger partial charge in [0.2, 0.25) is 0 Å². The van der Waals surface area contributed by atoms with E-state index >= 15 is 0 Å². The Bertz CT molecular complexity index is 1340. The van der Waals surface area contributed by atoms with Gasteiger partial charge in [-0.1, -0.05) is 31.9 Å². The maximum atomic E-state index is 13.4. The Labute approximate surface area is 221 Å². The van der Waals surface area contributed by atoms with Crippen LogP contribution in [0.25, 0.3) is 5.76 Å². The van der Waals surface area contributed by atoms with E-state index in [0.717, 1.165) is 24.8 Å². The van der Waals surface area contributed by atoms with Crippen LogP contribution in [0.2, 0.25) is 0 Å². The molecule has 2 aliphatic heterocycles. The molecular formula is C30H30N2O6. The quantitative estimate of drug-likeness (QED) is 0.185. The number of unbranched alkanes of at least 4 members (excludes halogenated alkanes) is 2. The van der Waals surface area contributed by atoms with Gasteiger partial charge < -0.3 is 24.2 Å². The minimum absolute atomic E-state index is 0.0253. The number of benzene rings is 2. The molecule has 8 heteroatoms. The van der Waals surface area contributed by atoms with Gasteiger partial charge in [0.25, 0.3) is 11.7 Å². The molecule has 1 saturated heterocycles. The fourth-order valence-corrected chi connectivity index (χ4v) is 4.71. The molecule has 5 rings (SSSR count). The zero-order chi connectivity index (χ0) is 26.5. The van der Waals surface area contributed by atoms with Gasteiger partial charge in [-0.2, -0.15) is 0 Å². The lowest BCUT2D eigenvalue weighted by Crippen LogP contribution is -2.29. The van der Waals surface area contributed by atoms with E-state index in [1.54, 1.807) is 42.7 Å². The summed E-state index contributed by atoms with van der Waals surface area (Å²) in [5, 5.41) is 11.4. The second-order valence-electron chi connectivity index (χ2n) is 9.27. The maximum absolute atomic E-state index is 13.4. The Balaban J connectivity index is 1.53. The number of ketones is 1. The van der Waals surface area contributed by atoms with Gasteiger partial charge in [-0.3, -0.25) is 14.6 Å². The lowest BCUT2D eigenvalue weighted by atomic mass is 9.95. The first-order chi connectivity index (χ1) is 18.6. The minimum atomic E-state index is -0.787. The molecule has 1 aromatic heterocycles. The van der Waals surface area contributed by atoms with Gasteiger partial charge in [-0.15, -0.1) is 0 Å². The van der Waals surface area contributed by atoms with E-state index < -0.39 is 17.7 Å². The predicted molar refractivity (Wildman–Crippen MR) is 141 cm³/mol. The number of hydrogen-bond donors (Lipinski definition) is 1. The third-order valence-corrected chi connectivity index (χ3v) is 6.67. The van der Waals surface area contributed by atoms with Crippen LogP contribution in [0.15, 0.2) is 72.6 Å². The molecule has 0 saturated carbocycles. The molecular weight excluding hydrogens is 484 g/mol. The van der Waals surface area contributed by atoms with Crippen LogP contribution in [0, 0.1) is 0 Å². The first-order valence-electron chi connectivity index (χ1n) is 12.9. The molecule has 196 valence electrons. The topological polar surface area (TPSA) is 98.2 Å². The van der Waals surface area contributed by atoms with E-state index in [0.29, 0.717) is 48.2 Å². The van der Waals surface area contributed by atoms with Crippen LogP contribution in [-0.2, 0) is 16.1 Å². The molecule has 3 aromatic rings. The minimum Gasteiger partial charge on any atom is -0.507 e. The van der Waals surface area contributed by atoms with Crippen molar-refractivity contribution in [2.75, 3.05) is 19.8 Å². The third-order valence-electron chi connectivity index (χ3n) is 6.67. The number of aliphatic hydroxyl groups is 1. The SMILES string of the molecule is CCCCCOc1ccc(C2C(=C(O)c3ccc4c(c3)OCCO4)C(=O)C(=O)N2Cc2ccncc2)cc1. The molecule has 0 aliphatic carbocycles. The number of hydrogen-bond acceptors (Lipinski definition) is 7. The number of carbonyl (C=O) groups is 2. The molecule has 0 bridgehead atoms. The summed E-state index contributed by atoms with van der Waals surface area (Å²) < 4.78 is 17.1. The molecule has 2 aliphatic rings. The van der Waals surface area contributed by atoms with Crippen LogP contribution in [0.1, 0.15) is 48.9 Å². The Morgan fingerprint density at radius 1 is 1.00 bits per heavy atom. The number of aliphatic hydroxyl groups excluding tert-OH is 1. The van der Waals surface area contributed by atoms with Crippen molar-refractivity contribution in [1.82, 2.24) is 9.88 Å². The summed E-state index contributed by atoms with van der Waals surface area (Å²) in [5.74, 6) is 0.0804. The number of Topliss-reactive ketones (excluding diaryl/α,β-unsaturated/α-hetero) is 1. The smallest absolute Gasteiger partial charge is 0.295 e. The molecule has 2 aromatic carbocycles. The first-order valence-corrected chi connectivity index (χ1v) is 12.9. The summed E-state index contributed by atoms with van der Waals surface area (Å²) >= 11 is 0. The number of aromatic nitrogens is 1. The molecule has 38 heavy (non-hydrogen) atoms. The van der Waals surface area contributed by atoms with Crippen molar-refractivity contribution < 1.29 is 28.9 Å². The van der Waals surface area contributed by atoms with Gasteiger partial charge >= 0.3 is 0 Å². The van der Waals surface area contributed by atoms with Crippen molar-refractivity contribution >= 4 is 17.4 Å². The van der Waals surface area contributed by atoms with Gasteiger partial charge in [-0.25, -0.2) is 0 Å². The first kappa shape index (κ1) is 25.3. The van der Waals surface area contributed by atoms with Crippen molar-refractivity contribution in [3.63, 3.8) is 0 Å². The number of ether oxygens (including phenoxy) is 3. The van der Waals surface area contributed by atoms with E-state index in [-0.39, 0.29) is 17.9 Å². The van der Waals surface area contributed by atoms with E-state index in [1.165, 1.54) is 4.90 Å². The van der Waals surface area contributed by atoms with Gasteiger partial charge in [-0.05, 0) is 60.0 Å². The molecule has 1 atom stereocenters. The van der Waals surface area contributed by atoms with E-state index in [4.69, 9.17) is 14.2 Å². The molecule has 1 N–H and O–H groups in total. The second-order valence-corrected chi connectivity index (χ2v) is 9.27. The van der Waals surface area contributed by atoms with E-state index in [1.807, 2.05) is 24.3 Å². The standard InChI is InChI=1S/C30H30N2O6/c1-2-3-4-15-36-23-8-5-21(6-9-23)27-26(28(33)22-7-10-24-25(18-22)38-17-16-37-24)29(34)30(35)32(27)19-20-11-13-31-14-12-20/h5-14,18,27,33H,2-4,15-17,19H2,1H3. The largest absolute Gasteiger partial charge is 0.507 e. The fourth-order valence-electron chi connectivity index (χ4n) is 4.71. The molecule has 1 unspecified atom stereocenters. The average molecular weight is 515 g/mol. The van der Waals surface area contributed by atoms with Crippen LogP contribution in [-0.4, -0.2) is 46.5 Å². The monoisotopic (exact) mass is 514 g/mol. The highest BCUT2D eigenvalue weighted by Crippen LogP contribution is 2.42. The van der Waals surface area contributed by atoms with Crippen LogP contribution >= 0.6 is 0 Å². The summed E-state index contributed by atoms with van der Waals surface area (Å²) in [4.78, 5) is 32.2. The number of fused-ring (bicyclic) bond motifs is 1. The summed E-state index contributed by atoms with van der Waals surface area (Å²) in [6.07, 6.45) is 6.46. The molecule has 8 nitrogen and oxygen atoms in total. The highest BCUT2D eigenvalue weighted by molar-refractivity contribution is 6.46. The summed E-state index contributed by atoms with van der Waals surface area (Å²) in [6, 6.07) is 15.1. The highest BCUT2D eigenvalue weighted by atomic mass is 16.6. The van der Waals surface area contributed by atoms with Crippen molar-refractivity contribution in [3.05, 3.63) is 89.3 Å². The number of pyridine rings is 1. The molecule has 1 fully saturated rings. The lowest BCUT2D eigenvalue weighted by Gasteiger charge is -2.26. The number of rotatable bonds is 9. The van der Waals surface area contributed by atoms with E-state index in [2.05, 4.69) is 11.9 Å². The summed E-state index contributed by atoms with van der Waals surface area (Å²) in [5.41, 5.74) is 1.91. The Morgan fingerprint density at radius 2 is 1.74 bits per heavy atom. The Kier molecular flexibility index (Phi) is 7.58. The van der Waals surface area contributed by atoms with E-state index in [9.17, 15) is 14.7 Å². The van der Waals surface area contributed by atoms with Crippen LogP contribution in [0.5, 0.6) is 17.2 Å². The second kappa shape index (κ2) is 11.4. The maximum Gasteiger partial charge on any atom is 0.295 e.